The van der Waals surface area contributed by atoms with Gasteiger partial charge in [0.25, 0.3) is 0 Å². The lowest BCUT2D eigenvalue weighted by atomic mass is 9.96. The highest BCUT2D eigenvalue weighted by molar-refractivity contribution is 5.27. The molecule has 1 atom stereocenters. The van der Waals surface area contributed by atoms with Gasteiger partial charge in [-0.2, -0.15) is 0 Å². The Bertz CT molecular complexity index is 535. The van der Waals surface area contributed by atoms with E-state index in [2.05, 4.69) is 17.4 Å². The van der Waals surface area contributed by atoms with E-state index in [-0.39, 0.29) is 0 Å². The molecule has 0 aromatic heterocycles. The molecule has 1 unspecified atom stereocenters. The minimum Gasteiger partial charge on any atom is -0.497 e. The Morgan fingerprint density at radius 2 is 1.71 bits per heavy atom. The lowest BCUT2D eigenvalue weighted by Crippen LogP contribution is -2.36. The number of rotatable bonds is 7. The minimum atomic E-state index is -0.846. The molecule has 0 aliphatic heterocycles. The van der Waals surface area contributed by atoms with Gasteiger partial charge >= 0.3 is 0 Å². The molecule has 0 heterocycles. The van der Waals surface area contributed by atoms with E-state index in [0.29, 0.717) is 6.54 Å². The lowest BCUT2D eigenvalue weighted by molar-refractivity contribution is 0.0573. The van der Waals surface area contributed by atoms with E-state index in [1.54, 1.807) is 7.11 Å². The molecule has 0 saturated heterocycles. The molecular weight excluding hydrogens is 262 g/mol. The average molecular weight is 285 g/mol. The van der Waals surface area contributed by atoms with E-state index < -0.39 is 5.60 Å². The van der Waals surface area contributed by atoms with Gasteiger partial charge in [0, 0.05) is 6.54 Å². The van der Waals surface area contributed by atoms with Crippen LogP contribution in [0.15, 0.2) is 54.6 Å². The first-order chi connectivity index (χ1) is 10.1. The Hall–Kier alpha value is -1.84. The minimum absolute atomic E-state index is 0.535. The Labute approximate surface area is 126 Å². The molecule has 0 fully saturated rings. The third kappa shape index (κ3) is 4.59. The number of methoxy groups -OCH3 is 1. The lowest BCUT2D eigenvalue weighted by Gasteiger charge is -2.24. The summed E-state index contributed by atoms with van der Waals surface area (Å²) in [6.07, 6.45) is 0.925. The van der Waals surface area contributed by atoms with E-state index in [1.807, 2.05) is 49.4 Å². The van der Waals surface area contributed by atoms with Gasteiger partial charge in [-0.05, 0) is 43.1 Å². The molecular formula is C18H23NO2. The molecule has 2 rings (SSSR count). The number of aliphatic hydroxyl groups is 1. The summed E-state index contributed by atoms with van der Waals surface area (Å²) in [7, 11) is 1.67. The topological polar surface area (TPSA) is 41.5 Å². The summed E-state index contributed by atoms with van der Waals surface area (Å²) < 4.78 is 5.14. The molecule has 0 radical (unpaired) electrons. The predicted molar refractivity (Wildman–Crippen MR) is 85.6 cm³/mol. The van der Waals surface area contributed by atoms with Gasteiger partial charge in [-0.25, -0.2) is 0 Å². The van der Waals surface area contributed by atoms with Gasteiger partial charge in [-0.3, -0.25) is 0 Å². The van der Waals surface area contributed by atoms with Crippen LogP contribution in [-0.2, 0) is 12.0 Å². The van der Waals surface area contributed by atoms with Crippen LogP contribution in [-0.4, -0.2) is 25.3 Å². The fraction of sp³-hybridized carbons (Fsp3) is 0.333. The predicted octanol–water partition coefficient (Wildman–Crippen LogP) is 2.74. The molecule has 0 aliphatic rings. The van der Waals surface area contributed by atoms with Crippen molar-refractivity contribution in [3.05, 3.63) is 65.7 Å². The van der Waals surface area contributed by atoms with Gasteiger partial charge in [0.1, 0.15) is 5.75 Å². The Morgan fingerprint density at radius 3 is 2.33 bits per heavy atom. The molecule has 0 aliphatic carbocycles. The third-order valence-electron chi connectivity index (χ3n) is 3.61. The van der Waals surface area contributed by atoms with Crippen LogP contribution in [0, 0.1) is 0 Å². The summed E-state index contributed by atoms with van der Waals surface area (Å²) in [5.74, 6) is 0.874. The zero-order valence-corrected chi connectivity index (χ0v) is 12.7. The molecule has 2 aromatic rings. The molecule has 0 bridgehead atoms. The summed E-state index contributed by atoms with van der Waals surface area (Å²) in [5.41, 5.74) is 1.34. The molecule has 2 aromatic carbocycles. The van der Waals surface area contributed by atoms with E-state index in [4.69, 9.17) is 4.74 Å². The van der Waals surface area contributed by atoms with E-state index >= 15 is 0 Å². The molecule has 0 saturated carbocycles. The second kappa shape index (κ2) is 7.25. The first-order valence-corrected chi connectivity index (χ1v) is 7.23. The monoisotopic (exact) mass is 285 g/mol. The highest BCUT2D eigenvalue weighted by Crippen LogP contribution is 2.19. The van der Waals surface area contributed by atoms with E-state index in [1.165, 1.54) is 5.56 Å². The summed E-state index contributed by atoms with van der Waals surface area (Å²) in [4.78, 5) is 0. The fourth-order valence-electron chi connectivity index (χ4n) is 2.26. The van der Waals surface area contributed by atoms with Crippen LogP contribution in [0.2, 0.25) is 0 Å². The van der Waals surface area contributed by atoms with Crippen LogP contribution in [0.25, 0.3) is 0 Å². The van der Waals surface area contributed by atoms with Gasteiger partial charge in [0.15, 0.2) is 0 Å². The van der Waals surface area contributed by atoms with Crippen molar-refractivity contribution in [3.63, 3.8) is 0 Å². The average Bonchev–Trinajstić information content (AvgIpc) is 2.53. The van der Waals surface area contributed by atoms with Crippen LogP contribution in [0.1, 0.15) is 18.1 Å². The first-order valence-electron chi connectivity index (χ1n) is 7.23. The van der Waals surface area contributed by atoms with Gasteiger partial charge in [-0.15, -0.1) is 0 Å². The summed E-state index contributed by atoms with van der Waals surface area (Å²) in [6, 6.07) is 17.8. The highest BCUT2D eigenvalue weighted by atomic mass is 16.5. The van der Waals surface area contributed by atoms with E-state index in [9.17, 15) is 5.11 Å². The van der Waals surface area contributed by atoms with Crippen molar-refractivity contribution in [3.8, 4) is 5.75 Å². The maximum absolute atomic E-state index is 10.5. The van der Waals surface area contributed by atoms with Crippen LogP contribution in [0.5, 0.6) is 5.75 Å². The Balaban J connectivity index is 1.78. The smallest absolute Gasteiger partial charge is 0.118 e. The van der Waals surface area contributed by atoms with Gasteiger partial charge in [0.05, 0.1) is 12.7 Å². The maximum atomic E-state index is 10.5. The highest BCUT2D eigenvalue weighted by Gasteiger charge is 2.21. The Kier molecular flexibility index (Phi) is 5.37. The summed E-state index contributed by atoms with van der Waals surface area (Å²) in [5, 5.41) is 13.8. The number of nitrogens with one attached hydrogen (secondary N) is 1. The van der Waals surface area contributed by atoms with Crippen molar-refractivity contribution in [1.29, 1.82) is 0 Å². The number of ether oxygens (including phenoxy) is 1. The van der Waals surface area contributed by atoms with Gasteiger partial charge in [-0.1, -0.05) is 42.5 Å². The molecule has 0 amide bonds. The SMILES string of the molecule is COc1ccc(CCNCC(C)(O)c2ccccc2)cc1. The molecule has 21 heavy (non-hydrogen) atoms. The number of hydrogen-bond donors (Lipinski definition) is 2. The molecule has 3 nitrogen and oxygen atoms in total. The van der Waals surface area contributed by atoms with Crippen molar-refractivity contribution < 1.29 is 9.84 Å². The third-order valence-corrected chi connectivity index (χ3v) is 3.61. The first kappa shape index (κ1) is 15.5. The summed E-state index contributed by atoms with van der Waals surface area (Å²) >= 11 is 0. The Morgan fingerprint density at radius 1 is 1.05 bits per heavy atom. The zero-order chi connectivity index (χ0) is 15.1. The van der Waals surface area contributed by atoms with Gasteiger partial charge < -0.3 is 15.2 Å². The molecule has 2 N–H and O–H groups in total. The van der Waals surface area contributed by atoms with Crippen LogP contribution >= 0.6 is 0 Å². The van der Waals surface area contributed by atoms with Crippen molar-refractivity contribution in [2.45, 2.75) is 18.9 Å². The standard InChI is InChI=1S/C18H23NO2/c1-18(20,16-6-4-3-5-7-16)14-19-13-12-15-8-10-17(21-2)11-9-15/h3-11,19-20H,12-14H2,1-2H3. The van der Waals surface area contributed by atoms with Crippen LogP contribution in [0.3, 0.4) is 0 Å². The maximum Gasteiger partial charge on any atom is 0.118 e. The zero-order valence-electron chi connectivity index (χ0n) is 12.7. The second-order valence-corrected chi connectivity index (χ2v) is 5.41. The fourth-order valence-corrected chi connectivity index (χ4v) is 2.26. The second-order valence-electron chi connectivity index (χ2n) is 5.41. The van der Waals surface area contributed by atoms with Crippen LogP contribution < -0.4 is 10.1 Å². The molecule has 3 heteroatoms. The number of benzene rings is 2. The normalized spacial score (nSPS) is 13.7. The van der Waals surface area contributed by atoms with Crippen molar-refractivity contribution in [1.82, 2.24) is 5.32 Å². The molecule has 0 spiro atoms. The molecule has 112 valence electrons. The van der Waals surface area contributed by atoms with Gasteiger partial charge in [0.2, 0.25) is 0 Å². The van der Waals surface area contributed by atoms with Crippen molar-refractivity contribution in [2.24, 2.45) is 0 Å². The van der Waals surface area contributed by atoms with Crippen LogP contribution in [0.4, 0.5) is 0 Å². The summed E-state index contributed by atoms with van der Waals surface area (Å²) in [6.45, 7) is 3.20. The van der Waals surface area contributed by atoms with Crippen molar-refractivity contribution >= 4 is 0 Å². The number of hydrogen-bond acceptors (Lipinski definition) is 3. The quantitative estimate of drug-likeness (QED) is 0.769. The van der Waals surface area contributed by atoms with Crippen molar-refractivity contribution in [2.75, 3.05) is 20.2 Å². The largest absolute Gasteiger partial charge is 0.497 e. The van der Waals surface area contributed by atoms with E-state index in [0.717, 1.165) is 24.3 Å².